The van der Waals surface area contributed by atoms with Crippen molar-refractivity contribution in [3.63, 3.8) is 0 Å². The Morgan fingerprint density at radius 3 is 0.931 bits per heavy atom. The fourth-order valence-electron chi connectivity index (χ4n) is 3.29. The molecule has 1 nitrogen and oxygen atoms in total. The molecule has 0 atom stereocenters. The molecule has 0 unspecified atom stereocenters. The summed E-state index contributed by atoms with van der Waals surface area (Å²) in [5.74, 6) is 3.28. The lowest BCUT2D eigenvalue weighted by molar-refractivity contribution is 0.600. The van der Waals surface area contributed by atoms with Crippen molar-refractivity contribution < 1.29 is 4.57 Å². The van der Waals surface area contributed by atoms with Gasteiger partial charge in [0.15, 0.2) is 0 Å². The molecule has 0 heterocycles. The van der Waals surface area contributed by atoms with Crippen molar-refractivity contribution >= 4 is 38.9 Å². The summed E-state index contributed by atoms with van der Waals surface area (Å²) < 4.78 is 11.4. The third-order valence-electron chi connectivity index (χ3n) is 5.24. The van der Waals surface area contributed by atoms with E-state index < -0.39 is 4.75 Å². The predicted molar refractivity (Wildman–Crippen MR) is 145 cm³/mol. The Bertz CT molecular complexity index is 314. The van der Waals surface area contributed by atoms with Crippen LogP contribution in [-0.2, 0) is 4.57 Å². The van der Waals surface area contributed by atoms with E-state index in [9.17, 15) is 4.57 Å². The van der Waals surface area contributed by atoms with Gasteiger partial charge >= 0.3 is 0 Å². The van der Waals surface area contributed by atoms with Crippen molar-refractivity contribution in [1.82, 2.24) is 0 Å². The molecular weight excluding hydrogens is 431 g/mol. The van der Waals surface area contributed by atoms with Crippen molar-refractivity contribution in [2.24, 2.45) is 0 Å². The van der Waals surface area contributed by atoms with Gasteiger partial charge in [-0.3, -0.25) is 4.57 Å². The highest BCUT2D eigenvalue weighted by Gasteiger charge is 2.23. The summed E-state index contributed by atoms with van der Waals surface area (Å²) in [5, 5.41) is 0. The van der Waals surface area contributed by atoms with E-state index in [2.05, 4.69) is 20.8 Å². The van der Waals surface area contributed by atoms with E-state index in [1.807, 2.05) is 34.1 Å². The first-order chi connectivity index (χ1) is 14.2. The quantitative estimate of drug-likeness (QED) is 0.100. The molecule has 0 aromatic heterocycles. The summed E-state index contributed by atoms with van der Waals surface area (Å²) in [6.07, 6.45) is 23.9. The molecule has 0 fully saturated rings. The van der Waals surface area contributed by atoms with E-state index in [4.69, 9.17) is 0 Å². The molecule has 0 spiro atoms. The molecular formula is C24H51OPS3. The molecule has 0 amide bonds. The molecule has 176 valence electrons. The number of hydrogen-bond acceptors (Lipinski definition) is 4. The lowest BCUT2D eigenvalue weighted by Crippen LogP contribution is -1.86. The Morgan fingerprint density at radius 1 is 0.414 bits per heavy atom. The fraction of sp³-hybridized carbons (Fsp3) is 1.00. The third-order valence-corrected chi connectivity index (χ3v) is 17.8. The van der Waals surface area contributed by atoms with Crippen molar-refractivity contribution in [1.29, 1.82) is 0 Å². The molecule has 29 heavy (non-hydrogen) atoms. The van der Waals surface area contributed by atoms with Gasteiger partial charge in [0.05, 0.1) is 0 Å². The highest BCUT2D eigenvalue weighted by atomic mass is 33.4. The van der Waals surface area contributed by atoms with Gasteiger partial charge in [-0.2, -0.15) is 0 Å². The predicted octanol–water partition coefficient (Wildman–Crippen LogP) is 11.4. The molecule has 0 bridgehead atoms. The molecule has 0 aliphatic heterocycles. The third kappa shape index (κ3) is 22.3. The highest BCUT2D eigenvalue weighted by molar-refractivity contribution is 9.14. The normalized spacial score (nSPS) is 12.0. The molecule has 0 N–H and O–H groups in total. The van der Waals surface area contributed by atoms with Crippen LogP contribution >= 0.6 is 38.9 Å². The van der Waals surface area contributed by atoms with Gasteiger partial charge in [0, 0.05) is 17.3 Å². The number of rotatable bonds is 24. The maximum absolute atomic E-state index is 13.5. The van der Waals surface area contributed by atoms with Gasteiger partial charge < -0.3 is 0 Å². The van der Waals surface area contributed by atoms with E-state index in [0.29, 0.717) is 0 Å². The van der Waals surface area contributed by atoms with Gasteiger partial charge in [0.25, 0.3) is 0 Å². The second kappa shape index (κ2) is 23.9. The first kappa shape index (κ1) is 30.3. The Hall–Kier alpha value is 1.28. The standard InChI is InChI=1S/C24H51OPS3/c1-4-7-10-13-16-19-22-27-26(25,28-23-20-17-14-11-8-5-2)29-24-21-18-15-12-9-6-3/h4-24H2,1-3H3. The first-order valence-electron chi connectivity index (χ1n) is 12.7. The Kier molecular flexibility index (Phi) is 25.0. The van der Waals surface area contributed by atoms with Crippen LogP contribution in [0.1, 0.15) is 136 Å². The van der Waals surface area contributed by atoms with Crippen LogP contribution in [0.25, 0.3) is 0 Å². The Labute approximate surface area is 196 Å². The zero-order valence-corrected chi connectivity index (χ0v) is 23.3. The molecule has 0 aliphatic carbocycles. The van der Waals surface area contributed by atoms with Crippen LogP contribution in [0.3, 0.4) is 0 Å². The molecule has 0 saturated heterocycles. The summed E-state index contributed by atoms with van der Waals surface area (Å²) in [4.78, 5) is 0. The van der Waals surface area contributed by atoms with E-state index in [1.165, 1.54) is 116 Å². The average molecular weight is 483 g/mol. The largest absolute Gasteiger partial charge is 0.289 e. The maximum Gasteiger partial charge on any atom is 0.243 e. The van der Waals surface area contributed by atoms with Gasteiger partial charge in [-0.1, -0.05) is 151 Å². The molecule has 0 aliphatic rings. The van der Waals surface area contributed by atoms with Crippen LogP contribution in [-0.4, -0.2) is 17.3 Å². The second-order valence-electron chi connectivity index (χ2n) is 8.25. The van der Waals surface area contributed by atoms with Crippen LogP contribution in [0, 0.1) is 0 Å². The molecule has 5 heteroatoms. The average Bonchev–Trinajstić information content (AvgIpc) is 2.72. The van der Waals surface area contributed by atoms with Gasteiger partial charge in [0.1, 0.15) is 0 Å². The van der Waals surface area contributed by atoms with Crippen LogP contribution in [0.15, 0.2) is 0 Å². The fourth-order valence-corrected chi connectivity index (χ4v) is 15.1. The summed E-state index contributed by atoms with van der Waals surface area (Å²) in [7, 11) is 0. The van der Waals surface area contributed by atoms with Crippen LogP contribution in [0.5, 0.6) is 0 Å². The van der Waals surface area contributed by atoms with Gasteiger partial charge in [-0.05, 0) is 19.3 Å². The summed E-state index contributed by atoms with van der Waals surface area (Å²) in [6, 6.07) is 0. The van der Waals surface area contributed by atoms with E-state index in [0.717, 1.165) is 17.3 Å². The van der Waals surface area contributed by atoms with Crippen molar-refractivity contribution in [2.75, 3.05) is 17.3 Å². The lowest BCUT2D eigenvalue weighted by atomic mass is 10.1. The van der Waals surface area contributed by atoms with Crippen molar-refractivity contribution in [2.45, 2.75) is 136 Å². The Morgan fingerprint density at radius 2 is 0.655 bits per heavy atom. The minimum absolute atomic E-state index is 1.09. The molecule has 0 aromatic carbocycles. The van der Waals surface area contributed by atoms with Crippen LogP contribution < -0.4 is 0 Å². The van der Waals surface area contributed by atoms with Gasteiger partial charge in [-0.15, -0.1) is 0 Å². The SMILES string of the molecule is CCCCCCCCSP(=O)(SCCCCCCCC)SCCCCCCCC. The van der Waals surface area contributed by atoms with Crippen molar-refractivity contribution in [3.8, 4) is 0 Å². The van der Waals surface area contributed by atoms with E-state index >= 15 is 0 Å². The van der Waals surface area contributed by atoms with Crippen LogP contribution in [0.2, 0.25) is 0 Å². The summed E-state index contributed by atoms with van der Waals surface area (Å²) in [6.45, 7) is 6.82. The molecule has 0 saturated carbocycles. The van der Waals surface area contributed by atoms with E-state index in [1.54, 1.807) is 0 Å². The lowest BCUT2D eigenvalue weighted by Gasteiger charge is -2.16. The van der Waals surface area contributed by atoms with Gasteiger partial charge in [0.2, 0.25) is 4.75 Å². The zero-order valence-electron chi connectivity index (χ0n) is 19.9. The van der Waals surface area contributed by atoms with Gasteiger partial charge in [-0.25, -0.2) is 0 Å². The van der Waals surface area contributed by atoms with Crippen molar-refractivity contribution in [3.05, 3.63) is 0 Å². The molecule has 0 radical (unpaired) electrons. The maximum atomic E-state index is 13.5. The minimum Gasteiger partial charge on any atom is -0.289 e. The first-order valence-corrected chi connectivity index (χ1v) is 19.2. The van der Waals surface area contributed by atoms with E-state index in [-0.39, 0.29) is 0 Å². The summed E-state index contributed by atoms with van der Waals surface area (Å²) in [5.41, 5.74) is 0. The Balaban J connectivity index is 4.05. The molecule has 0 rings (SSSR count). The zero-order chi connectivity index (χ0) is 21.5. The molecule has 0 aromatic rings. The topological polar surface area (TPSA) is 17.1 Å². The minimum atomic E-state index is -2.15. The monoisotopic (exact) mass is 482 g/mol. The highest BCUT2D eigenvalue weighted by Crippen LogP contribution is 2.78. The number of unbranched alkanes of at least 4 members (excludes halogenated alkanes) is 15. The smallest absolute Gasteiger partial charge is 0.243 e. The number of hydrogen-bond donors (Lipinski definition) is 0. The van der Waals surface area contributed by atoms with Crippen LogP contribution in [0.4, 0.5) is 0 Å². The second-order valence-corrected chi connectivity index (χ2v) is 20.2. The summed E-state index contributed by atoms with van der Waals surface area (Å²) >= 11 is 5.44.